The highest BCUT2D eigenvalue weighted by Crippen LogP contribution is 2.49. The number of ether oxygens (including phenoxy) is 2. The van der Waals surface area contributed by atoms with Crippen LogP contribution in [-0.4, -0.2) is 291 Å². The molecule has 4 saturated carbocycles. The number of piperidine rings is 2. The second kappa shape index (κ2) is 51.5. The monoisotopic (exact) mass is 1910 g/mol. The third-order valence-electron chi connectivity index (χ3n) is 26.5. The molecule has 12 aliphatic heterocycles. The van der Waals surface area contributed by atoms with E-state index in [0.717, 1.165) is 99.0 Å². The second-order valence-corrected chi connectivity index (χ2v) is 41.2. The number of rotatable bonds is 15. The first-order chi connectivity index (χ1) is 62.8. The summed E-state index contributed by atoms with van der Waals surface area (Å²) in [7, 11) is 4.71. The average Bonchev–Trinajstić information content (AvgIpc) is 1.26. The van der Waals surface area contributed by atoms with Gasteiger partial charge in [-0.3, -0.25) is 48.6 Å². The van der Waals surface area contributed by atoms with Gasteiger partial charge >= 0.3 is 71.7 Å². The van der Waals surface area contributed by atoms with Crippen LogP contribution in [0, 0.1) is 29.1 Å². The van der Waals surface area contributed by atoms with Crippen LogP contribution in [-0.2, 0) is 91.5 Å². The van der Waals surface area contributed by atoms with Gasteiger partial charge in [0.1, 0.15) is 59.4 Å². The van der Waals surface area contributed by atoms with Gasteiger partial charge in [0.15, 0.2) is 16.9 Å². The fourth-order valence-electron chi connectivity index (χ4n) is 19.3. The zero-order chi connectivity index (χ0) is 96.1. The lowest BCUT2D eigenvalue weighted by Crippen LogP contribution is -2.55. The molecule has 3 aromatic carbocycles. The predicted molar refractivity (Wildman–Crippen MR) is 496 cm³/mol. The van der Waals surface area contributed by atoms with E-state index in [1.807, 2.05) is 92.8 Å². The van der Waals surface area contributed by atoms with Gasteiger partial charge in [-0.05, 0) is 204 Å². The van der Waals surface area contributed by atoms with E-state index < -0.39 is 89.2 Å². The van der Waals surface area contributed by atoms with Crippen LogP contribution in [0.4, 0.5) is 4.79 Å². The molecule has 2 bridgehead atoms. The van der Waals surface area contributed by atoms with Crippen LogP contribution >= 0.6 is 35.3 Å². The van der Waals surface area contributed by atoms with E-state index in [1.54, 1.807) is 21.3 Å². The molecule has 15 unspecified atom stereocenters. The maximum atomic E-state index is 10.9. The molecular weight excluding hydrogens is 1770 g/mol. The summed E-state index contributed by atoms with van der Waals surface area (Å²) in [6.45, 7) is 9.21. The molecule has 22 N–H and O–H groups in total. The van der Waals surface area contributed by atoms with Gasteiger partial charge in [-0.25, -0.2) is 14.4 Å². The van der Waals surface area contributed by atoms with E-state index in [1.165, 1.54) is 128 Å². The average molecular weight is 1910 g/mol. The number of carbonyl (C=O) groups excluding carboxylic acids is 1. The standard InChI is InChI=1S/C12H15NO4.C11H13NO2.C10H11NO2.2C9H15NO2.2C8H13NO2.C7H12N2O2S.C7H11NO2S2.C5H8N2O3.C5H9NO2/c1-16-10-4-7-3-9(12(14)15)13-6-8(7)5-11(10)17-2;13-11(14)7-12-10-5-8-3-1-2-4-9(8)6-10;12-10(13)9-5-7-3-1-2-4-8(7)6-11-9;2*11-9(12)8-5-6-3-1-2-4-7(6)10-8;10-8(11)7-5-1-3-6(9-7)4-2-5;10-8(11)7-4-5-2-1-3-6(5)9-7;1-7(2,3)6-9-8-4(12-6)5(10)11;9-6(10)5-3-7(4-8-5)11-1-2-12-7;1-7-2-3(4(8)9)6-5(7)10;7-5(8)4-2-1-3-6-4/h4-5,9,13H,3,6H2,1-2H3,(H,14,15);1-4,10,12H,5-7H2,(H,13,14);1-4,9,11H,5-6H2,(H,12,13);2*6-8,10H,1-5H2,(H,11,12);2*5-7,9H,1-4H2,(H,10,11);4,8H,1-3H3,(H,10,11);5,8H,1-4H2,(H,9,10);3H,2H2,1H3,(H,6,10)(H,8,9);4,6H,1-3H2,(H,7,8)/t;;;;;;;4-;;;/m.......0.../s1. The first-order valence-corrected chi connectivity index (χ1v) is 48.5. The number of fused-ring (bicyclic) bond motifs is 9. The molecule has 2 amide bonds. The lowest BCUT2D eigenvalue weighted by atomic mass is 9.76. The van der Waals surface area contributed by atoms with Gasteiger partial charge in [-0.1, -0.05) is 113 Å². The Morgan fingerprint density at radius 3 is 1.28 bits per heavy atom. The molecule has 1 spiro atoms. The summed E-state index contributed by atoms with van der Waals surface area (Å²) >= 11 is 5.09. The molecular formula is C91H135N13O25S3. The number of carboxylic acids is 11. The molecule has 132 heavy (non-hydrogen) atoms. The quantitative estimate of drug-likeness (QED) is 0.0802. The fraction of sp³-hybridized carbons (Fsp3) is 0.659. The van der Waals surface area contributed by atoms with Crippen molar-refractivity contribution in [3.8, 4) is 11.5 Å². The molecule has 0 aromatic heterocycles. The van der Waals surface area contributed by atoms with Gasteiger partial charge in [0.05, 0.1) is 31.4 Å². The number of amides is 2. The van der Waals surface area contributed by atoms with Crippen LogP contribution in [0.15, 0.2) is 65.8 Å². The van der Waals surface area contributed by atoms with E-state index in [0.29, 0.717) is 91.3 Å². The third-order valence-corrected chi connectivity index (χ3v) is 31.4. The maximum absolute atomic E-state index is 10.9. The van der Waals surface area contributed by atoms with Gasteiger partial charge in [-0.2, -0.15) is 5.10 Å². The number of hydrogen-bond donors (Lipinski definition) is 22. The molecule has 12 heterocycles. The number of benzene rings is 3. The highest BCUT2D eigenvalue weighted by Gasteiger charge is 2.47. The number of aliphatic carboxylic acids is 11. The minimum atomic E-state index is -0.988. The Kier molecular flexibility index (Phi) is 41.6. The Morgan fingerprint density at radius 2 is 0.917 bits per heavy atom. The fourth-order valence-corrected chi connectivity index (χ4v) is 23.4. The lowest BCUT2D eigenvalue weighted by Gasteiger charge is -2.41. The van der Waals surface area contributed by atoms with Gasteiger partial charge in [0, 0.05) is 73.8 Å². The molecule has 17 aliphatic rings. The highest BCUT2D eigenvalue weighted by atomic mass is 32.2. The third kappa shape index (κ3) is 32.3. The van der Waals surface area contributed by atoms with Crippen LogP contribution in [0.25, 0.3) is 0 Å². The molecule has 16 atom stereocenters. The van der Waals surface area contributed by atoms with E-state index in [4.69, 9.17) is 65.6 Å². The van der Waals surface area contributed by atoms with Crippen molar-refractivity contribution in [2.45, 2.75) is 288 Å². The molecule has 3 aromatic rings. The molecule has 0 radical (unpaired) electrons. The normalized spacial score (nSPS) is 29.2. The Balaban J connectivity index is 0.000000164. The highest BCUT2D eigenvalue weighted by molar-refractivity contribution is 8.21. The van der Waals surface area contributed by atoms with Crippen molar-refractivity contribution in [1.82, 2.24) is 63.5 Å². The van der Waals surface area contributed by atoms with Crippen LogP contribution in [0.5, 0.6) is 11.5 Å². The van der Waals surface area contributed by atoms with E-state index in [-0.39, 0.29) is 64.9 Å². The summed E-state index contributed by atoms with van der Waals surface area (Å²) in [5.41, 5.74) is 9.59. The summed E-state index contributed by atoms with van der Waals surface area (Å²) in [5.74, 6) is -2.42. The van der Waals surface area contributed by atoms with Crippen molar-refractivity contribution in [3.63, 3.8) is 0 Å². The molecule has 41 heteroatoms. The summed E-state index contributed by atoms with van der Waals surface area (Å²) < 4.78 is 10.6. The van der Waals surface area contributed by atoms with Gasteiger partial charge in [0.2, 0.25) is 0 Å². The molecule has 38 nitrogen and oxygen atoms in total. The minimum absolute atomic E-state index is 0.0542. The first-order valence-electron chi connectivity index (χ1n) is 45.7. The van der Waals surface area contributed by atoms with Crippen LogP contribution in [0.3, 0.4) is 0 Å². The van der Waals surface area contributed by atoms with E-state index in [2.05, 4.69) is 75.8 Å². The van der Waals surface area contributed by atoms with Crippen LogP contribution in [0.1, 0.15) is 189 Å². The molecule has 13 fully saturated rings. The summed E-state index contributed by atoms with van der Waals surface area (Å²) in [6, 6.07) is 18.6. The lowest BCUT2D eigenvalue weighted by molar-refractivity contribution is -0.144. The van der Waals surface area contributed by atoms with Crippen LogP contribution < -0.4 is 68.1 Å². The first kappa shape index (κ1) is 107. The smallest absolute Gasteiger partial charge is 0.338 e. The topological polar surface area (TPSA) is 594 Å². The number of hydrazone groups is 1. The van der Waals surface area contributed by atoms with Crippen molar-refractivity contribution < 1.29 is 123 Å². The number of nitrogens with one attached hydrogen (secondary N) is 11. The number of methoxy groups -OCH3 is 2. The van der Waals surface area contributed by atoms with Gasteiger partial charge < -0.3 is 124 Å². The SMILES string of the molecule is CC(C)(C)C1=NN[C@H](C(=O)O)S1.CN1CC(C(=O)O)NC1=O.COc1cc2c(cc1OC)CC(C(=O)O)NC2.O=C(O)C1CC2(CN1)SCCS2.O=C(O)C1CC2CCCC2N1.O=C(O)C1CC2CCCCC2N1.O=C(O)C1CC2CCCCC2N1.O=C(O)C1CCCN1.O=C(O)C1Cc2ccccc2CN1.O=C(O)C1NC2CCC1CC2.O=C(O)CNC1Cc2ccccc2C1. The number of urea groups is 1. The Bertz CT molecular complexity index is 4310. The number of hydrogen-bond acceptors (Lipinski definition) is 28. The Hall–Kier alpha value is -9.14. The van der Waals surface area contributed by atoms with Gasteiger partial charge in [0.25, 0.3) is 0 Å². The number of thioether (sulfide) groups is 3. The second-order valence-electron chi connectivity index (χ2n) is 36.8. The van der Waals surface area contributed by atoms with E-state index >= 15 is 0 Å². The van der Waals surface area contributed by atoms with E-state index in [9.17, 15) is 57.5 Å². The zero-order valence-electron chi connectivity index (χ0n) is 75.8. The van der Waals surface area contributed by atoms with Gasteiger partial charge in [-0.15, -0.1) is 23.5 Å². The van der Waals surface area contributed by atoms with Crippen LogP contribution in [0.2, 0.25) is 0 Å². The number of likely N-dealkylation sites (N-methyl/N-ethyl adjacent to an activating group) is 1. The van der Waals surface area contributed by atoms with Crippen molar-refractivity contribution in [2.75, 3.05) is 59.0 Å². The minimum Gasteiger partial charge on any atom is -0.493 e. The Labute approximate surface area is 781 Å². The molecule has 5 aliphatic carbocycles. The number of carbonyl (C=O) groups is 12. The van der Waals surface area contributed by atoms with Crippen molar-refractivity contribution in [2.24, 2.45) is 34.2 Å². The van der Waals surface area contributed by atoms with Crippen molar-refractivity contribution in [3.05, 3.63) is 94.0 Å². The largest absolute Gasteiger partial charge is 0.493 e. The maximum Gasteiger partial charge on any atom is 0.338 e. The molecule has 732 valence electrons. The predicted octanol–water partition coefficient (Wildman–Crippen LogP) is 6.22. The summed E-state index contributed by atoms with van der Waals surface area (Å²) in [4.78, 5) is 128. The number of carboxylic acid groups (broad SMARTS) is 11. The van der Waals surface area contributed by atoms with Crippen molar-refractivity contribution in [1.29, 1.82) is 0 Å². The van der Waals surface area contributed by atoms with Crippen molar-refractivity contribution >= 4 is 112 Å². The zero-order valence-corrected chi connectivity index (χ0v) is 78.3. The Morgan fingerprint density at radius 1 is 0.470 bits per heavy atom. The summed E-state index contributed by atoms with van der Waals surface area (Å²) in [6.07, 6.45) is 26.2. The molecule has 9 saturated heterocycles. The molecule has 20 rings (SSSR count). The number of nitrogens with zero attached hydrogens (tertiary/aromatic N) is 2. The summed E-state index contributed by atoms with van der Waals surface area (Å²) in [5, 5.41) is 130.